The molecule has 0 aliphatic carbocycles. The van der Waals surface area contributed by atoms with Gasteiger partial charge in [-0.1, -0.05) is 89.7 Å². The van der Waals surface area contributed by atoms with Gasteiger partial charge in [-0.05, 0) is 55.0 Å². The SMILES string of the molecule is CCC(CC)C(=O)/C=C(\O)C(CC)CC.Cc1ccc2c(sc3c(-c4[c-]c5ccccc5c(C(C)(C)C)c4)nccc32)c1F.[Ir]. The standard InChI is InChI=1S/C26H21FNS.C13H24O2.Ir/c1-15-9-10-19-20-11-12-28-23(25(20)29-24(19)22(15)27)17-13-16-7-5-6-8-18(16)21(14-17)26(2,3)4;1-5-10(6-2)12(14)9-13(15)11(7-3)8-4;/h5-12,14H,1-4H3;9-11,14H,5-8H2,1-4H3;/q-1;;/b;12-9-;. The summed E-state index contributed by atoms with van der Waals surface area (Å²) in [5.74, 6) is 0.415. The third-order valence-corrected chi connectivity index (χ3v) is 9.83. The van der Waals surface area contributed by atoms with E-state index in [0.29, 0.717) is 10.3 Å². The van der Waals surface area contributed by atoms with Gasteiger partial charge < -0.3 is 5.11 Å². The minimum atomic E-state index is -0.132. The predicted molar refractivity (Wildman–Crippen MR) is 186 cm³/mol. The number of nitrogens with zero attached hydrogens (tertiary/aromatic N) is 1. The third-order valence-electron chi connectivity index (χ3n) is 8.61. The van der Waals surface area contributed by atoms with Crippen LogP contribution in [0.5, 0.6) is 0 Å². The Morgan fingerprint density at radius 3 is 2.18 bits per heavy atom. The quantitative estimate of drug-likeness (QED) is 0.0966. The summed E-state index contributed by atoms with van der Waals surface area (Å²) < 4.78 is 16.5. The van der Waals surface area contributed by atoms with Gasteiger partial charge in [-0.15, -0.1) is 40.5 Å². The number of ketones is 1. The van der Waals surface area contributed by atoms with E-state index in [4.69, 9.17) is 4.98 Å². The van der Waals surface area contributed by atoms with Crippen LogP contribution in [0.3, 0.4) is 0 Å². The molecule has 241 valence electrons. The van der Waals surface area contributed by atoms with E-state index in [1.807, 2.05) is 65.1 Å². The number of benzene rings is 3. The summed E-state index contributed by atoms with van der Waals surface area (Å²) in [5, 5.41) is 14.1. The van der Waals surface area contributed by atoms with Gasteiger partial charge in [0.2, 0.25) is 0 Å². The Morgan fingerprint density at radius 2 is 1.56 bits per heavy atom. The molecule has 0 bridgehead atoms. The van der Waals surface area contributed by atoms with Crippen LogP contribution in [-0.2, 0) is 30.3 Å². The number of pyridine rings is 1. The molecule has 45 heavy (non-hydrogen) atoms. The second-order valence-electron chi connectivity index (χ2n) is 12.6. The van der Waals surface area contributed by atoms with E-state index in [1.54, 1.807) is 0 Å². The Bertz CT molecular complexity index is 1810. The zero-order valence-electron chi connectivity index (χ0n) is 27.7. The van der Waals surface area contributed by atoms with Crippen LogP contribution < -0.4 is 0 Å². The number of fused-ring (bicyclic) bond motifs is 4. The second-order valence-corrected chi connectivity index (χ2v) is 13.6. The maximum atomic E-state index is 14.8. The average molecular weight is 803 g/mol. The van der Waals surface area contributed by atoms with E-state index in [9.17, 15) is 14.3 Å². The van der Waals surface area contributed by atoms with Crippen molar-refractivity contribution in [3.8, 4) is 11.3 Å². The second kappa shape index (κ2) is 15.6. The summed E-state index contributed by atoms with van der Waals surface area (Å²) in [5.41, 5.74) is 3.76. The normalized spacial score (nSPS) is 12.1. The summed E-state index contributed by atoms with van der Waals surface area (Å²) in [6.07, 6.45) is 6.73. The first-order chi connectivity index (χ1) is 20.9. The Labute approximate surface area is 285 Å². The van der Waals surface area contributed by atoms with Crippen molar-refractivity contribution in [1.29, 1.82) is 0 Å². The van der Waals surface area contributed by atoms with Crippen LogP contribution in [0.25, 0.3) is 42.2 Å². The molecule has 5 aromatic rings. The molecule has 0 saturated heterocycles. The molecule has 0 aliphatic heterocycles. The molecule has 1 N–H and O–H groups in total. The number of carbonyl (C=O) groups is 1. The fourth-order valence-electron chi connectivity index (χ4n) is 5.78. The van der Waals surface area contributed by atoms with Crippen LogP contribution in [-0.4, -0.2) is 15.9 Å². The number of hydrogen-bond donors (Lipinski definition) is 1. The van der Waals surface area contributed by atoms with Crippen LogP contribution in [0.15, 0.2) is 66.6 Å². The van der Waals surface area contributed by atoms with Crippen molar-refractivity contribution >= 4 is 48.1 Å². The number of aryl methyl sites for hydroxylation is 1. The summed E-state index contributed by atoms with van der Waals surface area (Å²) >= 11 is 1.49. The van der Waals surface area contributed by atoms with E-state index < -0.39 is 0 Å². The Hall–Kier alpha value is -2.92. The Morgan fingerprint density at radius 1 is 0.933 bits per heavy atom. The van der Waals surface area contributed by atoms with E-state index in [-0.39, 0.29) is 54.7 Å². The fraction of sp³-hybridized carbons (Fsp3) is 0.385. The number of aliphatic hydroxyl groups is 1. The monoisotopic (exact) mass is 803 g/mol. The minimum absolute atomic E-state index is 0. The van der Waals surface area contributed by atoms with Crippen molar-refractivity contribution in [2.45, 2.75) is 86.5 Å². The van der Waals surface area contributed by atoms with Crippen molar-refractivity contribution in [3.63, 3.8) is 0 Å². The van der Waals surface area contributed by atoms with Gasteiger partial charge >= 0.3 is 0 Å². The number of rotatable bonds is 8. The number of halogens is 1. The maximum absolute atomic E-state index is 14.8. The molecule has 0 fully saturated rings. The van der Waals surface area contributed by atoms with Crippen molar-refractivity contribution in [3.05, 3.63) is 89.6 Å². The first kappa shape index (κ1) is 36.5. The summed E-state index contributed by atoms with van der Waals surface area (Å²) in [6, 6.07) is 20.0. The van der Waals surface area contributed by atoms with Crippen LogP contribution in [0.2, 0.25) is 0 Å². The van der Waals surface area contributed by atoms with Crippen molar-refractivity contribution < 1.29 is 34.4 Å². The molecule has 1 radical (unpaired) electrons. The molecule has 5 rings (SSSR count). The average Bonchev–Trinajstić information content (AvgIpc) is 3.39. The predicted octanol–water partition coefficient (Wildman–Crippen LogP) is 11.7. The number of aliphatic hydroxyl groups excluding tert-OH is 1. The van der Waals surface area contributed by atoms with Crippen molar-refractivity contribution in [2.24, 2.45) is 11.8 Å². The number of allylic oxidation sites excluding steroid dienone is 2. The van der Waals surface area contributed by atoms with Crippen LogP contribution in [0, 0.1) is 30.6 Å². The molecule has 0 aliphatic rings. The first-order valence-corrected chi connectivity index (χ1v) is 16.6. The Kier molecular flexibility index (Phi) is 12.7. The molecular weight excluding hydrogens is 758 g/mol. The molecule has 0 atom stereocenters. The topological polar surface area (TPSA) is 50.2 Å². The molecule has 0 spiro atoms. The number of carbonyl (C=O) groups excluding carboxylic acids is 1. The number of aromatic nitrogens is 1. The summed E-state index contributed by atoms with van der Waals surface area (Å²) in [6.45, 7) is 16.6. The number of thiophene rings is 1. The molecule has 0 amide bonds. The molecule has 3 nitrogen and oxygen atoms in total. The molecule has 2 heterocycles. The van der Waals surface area contributed by atoms with Crippen LogP contribution in [0.1, 0.15) is 85.3 Å². The number of hydrogen-bond acceptors (Lipinski definition) is 4. The van der Waals surface area contributed by atoms with Gasteiger partial charge in [0.05, 0.1) is 10.5 Å². The van der Waals surface area contributed by atoms with Crippen molar-refractivity contribution in [1.82, 2.24) is 4.98 Å². The molecule has 6 heteroatoms. The van der Waals surface area contributed by atoms with Gasteiger partial charge in [0, 0.05) is 60.0 Å². The molecule has 2 aromatic heterocycles. The van der Waals surface area contributed by atoms with Crippen LogP contribution in [0.4, 0.5) is 4.39 Å². The van der Waals surface area contributed by atoms with Crippen molar-refractivity contribution in [2.75, 3.05) is 0 Å². The van der Waals surface area contributed by atoms with Gasteiger partial charge in [-0.2, -0.15) is 0 Å². The summed E-state index contributed by atoms with van der Waals surface area (Å²) in [4.78, 5) is 16.4. The van der Waals surface area contributed by atoms with E-state index in [1.165, 1.54) is 28.4 Å². The fourth-order valence-corrected chi connectivity index (χ4v) is 7.07. The third kappa shape index (κ3) is 7.91. The maximum Gasteiger partial charge on any atom is 0.162 e. The van der Waals surface area contributed by atoms with Gasteiger partial charge in [0.1, 0.15) is 5.82 Å². The smallest absolute Gasteiger partial charge is 0.162 e. The van der Waals surface area contributed by atoms with Gasteiger partial charge in [0.15, 0.2) is 5.78 Å². The summed E-state index contributed by atoms with van der Waals surface area (Å²) in [7, 11) is 0. The zero-order valence-corrected chi connectivity index (χ0v) is 30.9. The van der Waals surface area contributed by atoms with E-state index in [2.05, 4.69) is 51.1 Å². The van der Waals surface area contributed by atoms with Gasteiger partial charge in [-0.3, -0.25) is 9.78 Å². The van der Waals surface area contributed by atoms with Crippen LogP contribution >= 0.6 is 11.3 Å². The largest absolute Gasteiger partial charge is 0.512 e. The molecule has 3 aromatic carbocycles. The van der Waals surface area contributed by atoms with E-state index >= 15 is 0 Å². The minimum Gasteiger partial charge on any atom is -0.512 e. The zero-order chi connectivity index (χ0) is 32.2. The molecular formula is C39H45FIrNO2S-. The molecule has 0 saturated carbocycles. The van der Waals surface area contributed by atoms with Gasteiger partial charge in [0.25, 0.3) is 0 Å². The Balaban J connectivity index is 0.000000297. The molecule has 0 unspecified atom stereocenters. The van der Waals surface area contributed by atoms with E-state index in [0.717, 1.165) is 57.8 Å². The van der Waals surface area contributed by atoms with Gasteiger partial charge in [-0.25, -0.2) is 4.39 Å². The first-order valence-electron chi connectivity index (χ1n) is 15.8.